The van der Waals surface area contributed by atoms with Crippen LogP contribution in [0.3, 0.4) is 0 Å². The van der Waals surface area contributed by atoms with E-state index in [0.717, 1.165) is 63.0 Å². The molecule has 1 aromatic carbocycles. The molecule has 0 radical (unpaired) electrons. The lowest BCUT2D eigenvalue weighted by Crippen LogP contribution is -2.46. The second-order valence-electron chi connectivity index (χ2n) is 7.13. The molecule has 0 bridgehead atoms. The monoisotopic (exact) mass is 384 g/mol. The van der Waals surface area contributed by atoms with Crippen LogP contribution in [0.2, 0.25) is 0 Å². The number of anilines is 1. The second-order valence-corrected chi connectivity index (χ2v) is 7.13. The maximum Gasteiger partial charge on any atom is 0.225 e. The van der Waals surface area contributed by atoms with E-state index in [2.05, 4.69) is 39.2 Å². The van der Waals surface area contributed by atoms with Crippen molar-refractivity contribution in [2.75, 3.05) is 31.2 Å². The Morgan fingerprint density at radius 2 is 2.00 bits per heavy atom. The molecule has 3 rings (SSSR count). The zero-order chi connectivity index (χ0) is 19.6. The van der Waals surface area contributed by atoms with E-state index >= 15 is 0 Å². The van der Waals surface area contributed by atoms with Gasteiger partial charge in [-0.15, -0.1) is 0 Å². The summed E-state index contributed by atoms with van der Waals surface area (Å²) >= 11 is 0. The zero-order valence-corrected chi connectivity index (χ0v) is 17.1. The summed E-state index contributed by atoms with van der Waals surface area (Å²) in [6.07, 6.45) is 8.10. The topological polar surface area (TPSA) is 59.5 Å². The highest BCUT2D eigenvalue weighted by atomic mass is 16.5. The first-order valence-electron chi connectivity index (χ1n) is 10.4. The predicted octanol–water partition coefficient (Wildman–Crippen LogP) is 3.81. The molecule has 0 spiro atoms. The van der Waals surface area contributed by atoms with Gasteiger partial charge in [0.05, 0.1) is 13.2 Å². The number of piperidine rings is 1. The van der Waals surface area contributed by atoms with Crippen LogP contribution >= 0.6 is 0 Å². The summed E-state index contributed by atoms with van der Waals surface area (Å²) in [6, 6.07) is 8.53. The molecule has 2 aromatic rings. The van der Waals surface area contributed by atoms with Crippen molar-refractivity contribution in [2.24, 2.45) is 0 Å². The molecule has 6 nitrogen and oxygen atoms in total. The first kappa shape index (κ1) is 20.4. The van der Waals surface area contributed by atoms with Gasteiger partial charge in [-0.05, 0) is 49.9 Å². The number of benzene rings is 1. The van der Waals surface area contributed by atoms with Crippen molar-refractivity contribution >= 4 is 5.95 Å². The summed E-state index contributed by atoms with van der Waals surface area (Å²) in [7, 11) is 0. The van der Waals surface area contributed by atoms with Crippen molar-refractivity contribution in [3.8, 4) is 11.5 Å². The fourth-order valence-electron chi connectivity index (χ4n) is 3.42. The van der Waals surface area contributed by atoms with Crippen molar-refractivity contribution in [1.82, 2.24) is 15.3 Å². The van der Waals surface area contributed by atoms with Gasteiger partial charge in [0.15, 0.2) is 11.5 Å². The van der Waals surface area contributed by atoms with Gasteiger partial charge in [-0.1, -0.05) is 19.4 Å². The summed E-state index contributed by atoms with van der Waals surface area (Å²) in [5, 5.41) is 3.69. The van der Waals surface area contributed by atoms with Gasteiger partial charge < -0.3 is 19.7 Å². The Morgan fingerprint density at radius 1 is 1.14 bits per heavy atom. The van der Waals surface area contributed by atoms with E-state index in [1.165, 1.54) is 12.0 Å². The van der Waals surface area contributed by atoms with E-state index in [4.69, 9.17) is 9.47 Å². The maximum absolute atomic E-state index is 5.88. The highest BCUT2D eigenvalue weighted by Gasteiger charge is 2.21. The Labute approximate surface area is 168 Å². The zero-order valence-electron chi connectivity index (χ0n) is 17.1. The minimum Gasteiger partial charge on any atom is -0.490 e. The van der Waals surface area contributed by atoms with Gasteiger partial charge in [-0.3, -0.25) is 0 Å². The SMILES string of the molecule is CCCCOc1ccc(CNC2CCCN(c3ncccn3)C2)cc1OCC. The molecule has 0 aliphatic carbocycles. The van der Waals surface area contributed by atoms with Crippen molar-refractivity contribution in [3.63, 3.8) is 0 Å². The molecule has 2 heterocycles. The highest BCUT2D eigenvalue weighted by Crippen LogP contribution is 2.29. The molecule has 1 N–H and O–H groups in total. The minimum absolute atomic E-state index is 0.425. The Kier molecular flexibility index (Phi) is 7.91. The third-order valence-corrected chi connectivity index (χ3v) is 4.91. The number of unbranched alkanes of at least 4 members (excludes halogenated alkanes) is 1. The van der Waals surface area contributed by atoms with Gasteiger partial charge in [0.1, 0.15) is 0 Å². The van der Waals surface area contributed by atoms with Crippen molar-refractivity contribution in [3.05, 3.63) is 42.2 Å². The first-order chi connectivity index (χ1) is 13.8. The fourth-order valence-corrected chi connectivity index (χ4v) is 3.42. The molecular formula is C22H32N4O2. The van der Waals surface area contributed by atoms with Crippen LogP contribution in [0.4, 0.5) is 5.95 Å². The van der Waals surface area contributed by atoms with E-state index in [0.29, 0.717) is 12.6 Å². The molecule has 1 unspecified atom stereocenters. The number of hydrogen-bond donors (Lipinski definition) is 1. The van der Waals surface area contributed by atoms with Crippen LogP contribution in [0.5, 0.6) is 11.5 Å². The van der Waals surface area contributed by atoms with E-state index in [-0.39, 0.29) is 0 Å². The molecule has 1 aliphatic rings. The van der Waals surface area contributed by atoms with Crippen LogP contribution in [0, 0.1) is 0 Å². The van der Waals surface area contributed by atoms with Crippen LogP contribution in [-0.4, -0.2) is 42.3 Å². The van der Waals surface area contributed by atoms with Crippen molar-refractivity contribution in [2.45, 2.75) is 52.1 Å². The molecule has 0 saturated carbocycles. The van der Waals surface area contributed by atoms with E-state index in [1.54, 1.807) is 12.4 Å². The Morgan fingerprint density at radius 3 is 2.79 bits per heavy atom. The third-order valence-electron chi connectivity index (χ3n) is 4.91. The van der Waals surface area contributed by atoms with Gasteiger partial charge >= 0.3 is 0 Å². The van der Waals surface area contributed by atoms with Crippen molar-refractivity contribution in [1.29, 1.82) is 0 Å². The number of rotatable bonds is 10. The normalized spacial score (nSPS) is 16.8. The summed E-state index contributed by atoms with van der Waals surface area (Å²) in [5.41, 5.74) is 1.21. The van der Waals surface area contributed by atoms with Gasteiger partial charge in [-0.25, -0.2) is 9.97 Å². The quantitative estimate of drug-likeness (QED) is 0.629. The Hall–Kier alpha value is -2.34. The standard InChI is InChI=1S/C22H32N4O2/c1-3-5-14-28-20-10-9-18(15-21(20)27-4-2)16-25-19-8-6-13-26(17-19)22-23-11-7-12-24-22/h7,9-12,15,19,25H,3-6,8,13-14,16-17H2,1-2H3. The molecular weight excluding hydrogens is 352 g/mol. The summed E-state index contributed by atoms with van der Waals surface area (Å²) in [6.45, 7) is 8.29. The average Bonchev–Trinajstić information content (AvgIpc) is 2.75. The molecule has 1 aliphatic heterocycles. The van der Waals surface area contributed by atoms with Gasteiger partial charge in [0.25, 0.3) is 0 Å². The second kappa shape index (κ2) is 10.9. The minimum atomic E-state index is 0.425. The molecule has 1 atom stereocenters. The molecule has 6 heteroatoms. The molecule has 1 saturated heterocycles. The molecule has 0 amide bonds. The van der Waals surface area contributed by atoms with Gasteiger partial charge in [0, 0.05) is 38.1 Å². The lowest BCUT2D eigenvalue weighted by molar-refractivity contribution is 0.272. The lowest BCUT2D eigenvalue weighted by Gasteiger charge is -2.33. The van der Waals surface area contributed by atoms with Crippen LogP contribution in [0.1, 0.15) is 45.1 Å². The van der Waals surface area contributed by atoms with E-state index in [9.17, 15) is 0 Å². The summed E-state index contributed by atoms with van der Waals surface area (Å²) in [4.78, 5) is 11.0. The molecule has 1 fully saturated rings. The lowest BCUT2D eigenvalue weighted by atomic mass is 10.1. The highest BCUT2D eigenvalue weighted by molar-refractivity contribution is 5.43. The van der Waals surface area contributed by atoms with Crippen LogP contribution < -0.4 is 19.7 Å². The van der Waals surface area contributed by atoms with Gasteiger partial charge in [-0.2, -0.15) is 0 Å². The third kappa shape index (κ3) is 5.83. The number of aromatic nitrogens is 2. The summed E-state index contributed by atoms with van der Waals surface area (Å²) < 4.78 is 11.7. The number of hydrogen-bond acceptors (Lipinski definition) is 6. The van der Waals surface area contributed by atoms with Gasteiger partial charge in [0.2, 0.25) is 5.95 Å². The van der Waals surface area contributed by atoms with Crippen LogP contribution in [0.15, 0.2) is 36.7 Å². The fraction of sp³-hybridized carbons (Fsp3) is 0.545. The Balaban J connectivity index is 1.56. The molecule has 28 heavy (non-hydrogen) atoms. The first-order valence-corrected chi connectivity index (χ1v) is 10.4. The number of nitrogens with zero attached hydrogens (tertiary/aromatic N) is 3. The van der Waals surface area contributed by atoms with Crippen LogP contribution in [-0.2, 0) is 6.54 Å². The Bertz CT molecular complexity index is 711. The van der Waals surface area contributed by atoms with E-state index in [1.807, 2.05) is 19.1 Å². The van der Waals surface area contributed by atoms with E-state index < -0.39 is 0 Å². The molecule has 1 aromatic heterocycles. The molecule has 152 valence electrons. The smallest absolute Gasteiger partial charge is 0.225 e. The van der Waals surface area contributed by atoms with Crippen LogP contribution in [0.25, 0.3) is 0 Å². The number of nitrogens with one attached hydrogen (secondary N) is 1. The number of ether oxygens (including phenoxy) is 2. The average molecular weight is 385 g/mol. The maximum atomic E-state index is 5.88. The predicted molar refractivity (Wildman–Crippen MR) is 112 cm³/mol. The largest absolute Gasteiger partial charge is 0.490 e. The van der Waals surface area contributed by atoms with Crippen molar-refractivity contribution < 1.29 is 9.47 Å². The summed E-state index contributed by atoms with van der Waals surface area (Å²) in [5.74, 6) is 2.49.